The number of nitrogens with zero attached hydrogens (tertiary/aromatic N) is 1. The van der Waals surface area contributed by atoms with Gasteiger partial charge in [-0.05, 0) is 72.9 Å². The Morgan fingerprint density at radius 2 is 1.85 bits per heavy atom. The van der Waals surface area contributed by atoms with Crippen LogP contribution in [0.2, 0.25) is 0 Å². The van der Waals surface area contributed by atoms with E-state index < -0.39 is 10.0 Å². The molecule has 0 bridgehead atoms. The Kier molecular flexibility index (Phi) is 5.23. The summed E-state index contributed by atoms with van der Waals surface area (Å²) in [6.45, 7) is 2.58. The van der Waals surface area contributed by atoms with E-state index in [9.17, 15) is 17.6 Å². The molecule has 1 aliphatic heterocycles. The molecule has 2 aliphatic rings. The number of rotatable bonds is 4. The molecule has 6 nitrogen and oxygen atoms in total. The highest BCUT2D eigenvalue weighted by Gasteiger charge is 2.40. The zero-order chi connectivity index (χ0) is 23.5. The molecule has 1 amide bonds. The van der Waals surface area contributed by atoms with Gasteiger partial charge in [-0.3, -0.25) is 9.10 Å². The minimum Gasteiger partial charge on any atom is -0.455 e. The molecule has 0 radical (unpaired) electrons. The van der Waals surface area contributed by atoms with Crippen molar-refractivity contribution in [3.05, 3.63) is 53.3 Å². The van der Waals surface area contributed by atoms with Crippen LogP contribution in [0.4, 0.5) is 10.1 Å². The lowest BCUT2D eigenvalue weighted by Gasteiger charge is -2.23. The Balaban J connectivity index is 1.78. The van der Waals surface area contributed by atoms with Crippen molar-refractivity contribution >= 4 is 32.6 Å². The van der Waals surface area contributed by atoms with Gasteiger partial charge in [0.25, 0.3) is 5.91 Å². The summed E-state index contributed by atoms with van der Waals surface area (Å²) in [6.07, 6.45) is 4.38. The van der Waals surface area contributed by atoms with Crippen LogP contribution in [-0.4, -0.2) is 34.2 Å². The maximum Gasteiger partial charge on any atom is 0.255 e. The smallest absolute Gasteiger partial charge is 0.255 e. The van der Waals surface area contributed by atoms with Crippen molar-refractivity contribution < 1.29 is 22.0 Å². The molecule has 2 unspecified atom stereocenters. The van der Waals surface area contributed by atoms with Gasteiger partial charge in [-0.2, -0.15) is 0 Å². The molecule has 1 N–H and O–H groups in total. The number of sulfonamides is 1. The fourth-order valence-electron chi connectivity index (χ4n) is 5.26. The number of carbonyl (C=O) groups is 1. The molecule has 8 heteroatoms. The Bertz CT molecular complexity index is 1340. The first-order chi connectivity index (χ1) is 15.7. The van der Waals surface area contributed by atoms with Gasteiger partial charge in [-0.1, -0.05) is 6.92 Å². The van der Waals surface area contributed by atoms with Crippen LogP contribution in [0.1, 0.15) is 48.0 Å². The first kappa shape index (κ1) is 21.9. The molecule has 0 spiro atoms. The largest absolute Gasteiger partial charge is 0.455 e. The number of furan rings is 1. The minimum atomic E-state index is -3.49. The number of hydrogen-bond donors (Lipinski definition) is 1. The maximum absolute atomic E-state index is 13.5. The van der Waals surface area contributed by atoms with Gasteiger partial charge >= 0.3 is 0 Å². The first-order valence-electron chi connectivity index (χ1n) is 11.2. The molecule has 1 fully saturated rings. The SMILES string of the molecule is CNC(=O)c1c(-c2ccc(F)cc2)oc2cc3c(cc12)C(C)C(C1CC1)CCN3S(C)(=O)=O. The standard InChI is InChI=1S/C25H27FN2O4S/c1-14-18(15-4-5-15)10-11-28(33(3,30)31)21-13-22-20(12-19(14)21)23(25(29)27-2)24(32-22)16-6-8-17(26)9-7-16/h6-9,12-15,18H,4-5,10-11H2,1-3H3,(H,27,29). The number of nitrogens with one attached hydrogen (secondary N) is 1. The van der Waals surface area contributed by atoms with Crippen molar-refractivity contribution in [1.82, 2.24) is 5.32 Å². The van der Waals surface area contributed by atoms with Gasteiger partial charge in [0.05, 0.1) is 17.5 Å². The fourth-order valence-corrected chi connectivity index (χ4v) is 6.22. The Morgan fingerprint density at radius 3 is 2.45 bits per heavy atom. The van der Waals surface area contributed by atoms with Crippen LogP contribution in [0.15, 0.2) is 40.8 Å². The number of benzene rings is 2. The van der Waals surface area contributed by atoms with E-state index in [0.717, 1.165) is 12.0 Å². The van der Waals surface area contributed by atoms with Crippen LogP contribution in [-0.2, 0) is 10.0 Å². The van der Waals surface area contributed by atoms with Gasteiger partial charge in [-0.15, -0.1) is 0 Å². The van der Waals surface area contributed by atoms with Crippen LogP contribution in [0, 0.1) is 17.7 Å². The van der Waals surface area contributed by atoms with Crippen molar-refractivity contribution in [2.24, 2.45) is 11.8 Å². The second-order valence-corrected chi connectivity index (χ2v) is 11.1. The van der Waals surface area contributed by atoms with E-state index in [1.807, 2.05) is 6.07 Å². The normalized spacial score (nSPS) is 21.0. The van der Waals surface area contributed by atoms with Crippen LogP contribution in [0.25, 0.3) is 22.3 Å². The van der Waals surface area contributed by atoms with E-state index in [4.69, 9.17) is 4.42 Å². The van der Waals surface area contributed by atoms with Crippen molar-refractivity contribution in [2.45, 2.75) is 32.1 Å². The molecule has 174 valence electrons. The number of hydrogen-bond acceptors (Lipinski definition) is 4. The second-order valence-electron chi connectivity index (χ2n) is 9.21. The van der Waals surface area contributed by atoms with Gasteiger partial charge in [0, 0.05) is 30.6 Å². The molecule has 1 aromatic heterocycles. The molecular formula is C25H27FN2O4S. The van der Waals surface area contributed by atoms with E-state index in [1.54, 1.807) is 25.2 Å². The summed E-state index contributed by atoms with van der Waals surface area (Å²) in [6, 6.07) is 9.45. The van der Waals surface area contributed by atoms with Crippen molar-refractivity contribution in [3.63, 3.8) is 0 Å². The summed E-state index contributed by atoms with van der Waals surface area (Å²) in [7, 11) is -1.94. The van der Waals surface area contributed by atoms with Gasteiger partial charge in [0.2, 0.25) is 10.0 Å². The molecule has 3 aromatic rings. The van der Waals surface area contributed by atoms with Crippen molar-refractivity contribution in [2.75, 3.05) is 24.2 Å². The molecule has 1 saturated carbocycles. The van der Waals surface area contributed by atoms with Crippen molar-refractivity contribution in [1.29, 1.82) is 0 Å². The average molecular weight is 471 g/mol. The number of fused-ring (bicyclic) bond motifs is 2. The van der Waals surface area contributed by atoms with Crippen LogP contribution in [0.5, 0.6) is 0 Å². The van der Waals surface area contributed by atoms with Crippen molar-refractivity contribution in [3.8, 4) is 11.3 Å². The molecule has 2 heterocycles. The van der Waals surface area contributed by atoms with Gasteiger partial charge in [0.15, 0.2) is 0 Å². The predicted molar refractivity (Wildman–Crippen MR) is 126 cm³/mol. The number of amides is 1. The third kappa shape index (κ3) is 3.80. The zero-order valence-corrected chi connectivity index (χ0v) is 19.7. The minimum absolute atomic E-state index is 0.144. The lowest BCUT2D eigenvalue weighted by atomic mass is 9.82. The molecule has 1 aliphatic carbocycles. The lowest BCUT2D eigenvalue weighted by molar-refractivity contribution is 0.0964. The zero-order valence-electron chi connectivity index (χ0n) is 18.9. The quantitative estimate of drug-likeness (QED) is 0.588. The van der Waals surface area contributed by atoms with Crippen LogP contribution >= 0.6 is 0 Å². The van der Waals surface area contributed by atoms with Gasteiger partial charge in [-0.25, -0.2) is 12.8 Å². The summed E-state index contributed by atoms with van der Waals surface area (Å²) < 4.78 is 46.5. The first-order valence-corrected chi connectivity index (χ1v) is 13.1. The third-order valence-corrected chi connectivity index (χ3v) is 8.27. The molecule has 5 rings (SSSR count). The van der Waals surface area contributed by atoms with E-state index in [0.29, 0.717) is 51.9 Å². The van der Waals surface area contributed by atoms with Gasteiger partial charge in [0.1, 0.15) is 17.2 Å². The summed E-state index contributed by atoms with van der Waals surface area (Å²) in [5.41, 5.74) is 2.90. The second kappa shape index (κ2) is 7.87. The summed E-state index contributed by atoms with van der Waals surface area (Å²) in [4.78, 5) is 12.9. The lowest BCUT2D eigenvalue weighted by Crippen LogP contribution is -2.31. The summed E-state index contributed by atoms with van der Waals surface area (Å²) in [5, 5.41) is 3.30. The number of carbonyl (C=O) groups excluding carboxylic acids is 1. The number of halogens is 1. The highest BCUT2D eigenvalue weighted by molar-refractivity contribution is 7.92. The molecule has 2 aromatic carbocycles. The molecular weight excluding hydrogens is 443 g/mol. The molecule has 2 atom stereocenters. The Labute approximate surface area is 192 Å². The highest BCUT2D eigenvalue weighted by atomic mass is 32.2. The van der Waals surface area contributed by atoms with E-state index >= 15 is 0 Å². The molecule has 0 saturated heterocycles. The summed E-state index contributed by atoms with van der Waals surface area (Å²) >= 11 is 0. The van der Waals surface area contributed by atoms with E-state index in [-0.39, 0.29) is 17.6 Å². The topological polar surface area (TPSA) is 79.6 Å². The van der Waals surface area contributed by atoms with Crippen LogP contribution in [0.3, 0.4) is 0 Å². The fraction of sp³-hybridized carbons (Fsp3) is 0.400. The maximum atomic E-state index is 13.5. The number of anilines is 1. The average Bonchev–Trinajstić information content (AvgIpc) is 3.55. The van der Waals surface area contributed by atoms with Gasteiger partial charge < -0.3 is 9.73 Å². The Morgan fingerprint density at radius 1 is 1.15 bits per heavy atom. The highest BCUT2D eigenvalue weighted by Crippen LogP contribution is 2.50. The predicted octanol–water partition coefficient (Wildman–Crippen LogP) is 4.90. The monoisotopic (exact) mass is 470 g/mol. The summed E-state index contributed by atoms with van der Waals surface area (Å²) in [5.74, 6) is 0.785. The van der Waals surface area contributed by atoms with E-state index in [1.165, 1.54) is 35.5 Å². The Hall–Kier alpha value is -2.87. The van der Waals surface area contributed by atoms with Crippen LogP contribution < -0.4 is 9.62 Å². The third-order valence-electron chi connectivity index (χ3n) is 7.09. The molecule has 33 heavy (non-hydrogen) atoms. The van der Waals surface area contributed by atoms with E-state index in [2.05, 4.69) is 12.2 Å².